The number of rotatable bonds is 3. The van der Waals surface area contributed by atoms with E-state index < -0.39 is 5.97 Å². The molecule has 0 saturated carbocycles. The van der Waals surface area contributed by atoms with Gasteiger partial charge in [0.2, 0.25) is 0 Å². The van der Waals surface area contributed by atoms with Crippen LogP contribution in [-0.2, 0) is 0 Å². The topological polar surface area (TPSA) is 58.9 Å². The normalized spacial score (nSPS) is 10.2. The molecule has 0 spiro atoms. The predicted molar refractivity (Wildman–Crippen MR) is 48.4 cm³/mol. The molecule has 0 aliphatic rings. The molecule has 4 nitrogen and oxygen atoms in total. The van der Waals surface area contributed by atoms with E-state index in [1.165, 1.54) is 12.5 Å². The minimum Gasteiger partial charge on any atom is -0.478 e. The van der Waals surface area contributed by atoms with Crippen molar-refractivity contribution in [3.05, 3.63) is 29.8 Å². The van der Waals surface area contributed by atoms with E-state index in [9.17, 15) is 4.79 Å². The maximum atomic E-state index is 10.7. The van der Waals surface area contributed by atoms with E-state index in [4.69, 9.17) is 9.84 Å². The molecular formula is C9H9NO3. The molecule has 0 saturated heterocycles. The molecule has 1 rings (SSSR count). The Kier molecular flexibility index (Phi) is 3.03. The van der Waals surface area contributed by atoms with E-state index in [1.54, 1.807) is 25.2 Å². The van der Waals surface area contributed by atoms with Crippen LogP contribution >= 0.6 is 0 Å². The van der Waals surface area contributed by atoms with Crippen LogP contribution in [0.25, 0.3) is 0 Å². The van der Waals surface area contributed by atoms with E-state index >= 15 is 0 Å². The van der Waals surface area contributed by atoms with Gasteiger partial charge in [-0.3, -0.25) is 4.99 Å². The summed E-state index contributed by atoms with van der Waals surface area (Å²) in [6.07, 6.45) is 1.20. The second kappa shape index (κ2) is 4.25. The molecule has 0 bridgehead atoms. The van der Waals surface area contributed by atoms with Crippen molar-refractivity contribution in [2.75, 3.05) is 7.05 Å². The molecule has 0 amide bonds. The molecule has 1 aromatic carbocycles. The Balaban J connectivity index is 2.97. The summed E-state index contributed by atoms with van der Waals surface area (Å²) in [7, 11) is 1.55. The molecule has 0 atom stereocenters. The Morgan fingerprint density at radius 1 is 1.54 bits per heavy atom. The van der Waals surface area contributed by atoms with Gasteiger partial charge in [0.05, 0.1) is 0 Å². The Labute approximate surface area is 75.5 Å². The number of ether oxygens (including phenoxy) is 1. The first-order valence-corrected chi connectivity index (χ1v) is 3.65. The van der Waals surface area contributed by atoms with Crippen molar-refractivity contribution in [3.8, 4) is 5.75 Å². The number of hydrogen-bond donors (Lipinski definition) is 1. The summed E-state index contributed by atoms with van der Waals surface area (Å²) in [6, 6.07) is 6.39. The summed E-state index contributed by atoms with van der Waals surface area (Å²) in [6.45, 7) is 0. The lowest BCUT2D eigenvalue weighted by Gasteiger charge is -2.02. The number of carboxylic acid groups (broad SMARTS) is 1. The zero-order valence-corrected chi connectivity index (χ0v) is 7.10. The lowest BCUT2D eigenvalue weighted by atomic mass is 10.2. The summed E-state index contributed by atoms with van der Waals surface area (Å²) >= 11 is 0. The van der Waals surface area contributed by atoms with Gasteiger partial charge in [-0.2, -0.15) is 0 Å². The smallest absolute Gasteiger partial charge is 0.339 e. The maximum absolute atomic E-state index is 10.7. The molecule has 0 radical (unpaired) electrons. The fraction of sp³-hybridized carbons (Fsp3) is 0.111. The lowest BCUT2D eigenvalue weighted by Crippen LogP contribution is -2.01. The number of para-hydroxylation sites is 1. The van der Waals surface area contributed by atoms with Gasteiger partial charge in [0.15, 0.2) is 6.40 Å². The fourth-order valence-corrected chi connectivity index (χ4v) is 0.856. The van der Waals surface area contributed by atoms with Crippen LogP contribution in [0.15, 0.2) is 29.3 Å². The zero-order valence-electron chi connectivity index (χ0n) is 7.10. The number of carboxylic acids is 1. The molecule has 0 unspecified atom stereocenters. The van der Waals surface area contributed by atoms with Crippen LogP contribution in [0.1, 0.15) is 10.4 Å². The highest BCUT2D eigenvalue weighted by molar-refractivity contribution is 5.91. The highest BCUT2D eigenvalue weighted by Crippen LogP contribution is 2.16. The Morgan fingerprint density at radius 2 is 2.23 bits per heavy atom. The molecule has 1 N–H and O–H groups in total. The summed E-state index contributed by atoms with van der Waals surface area (Å²) in [4.78, 5) is 14.3. The third-order valence-electron chi connectivity index (χ3n) is 1.40. The van der Waals surface area contributed by atoms with E-state index in [2.05, 4.69) is 4.99 Å². The van der Waals surface area contributed by atoms with Crippen molar-refractivity contribution >= 4 is 12.4 Å². The first-order valence-electron chi connectivity index (χ1n) is 3.65. The number of aromatic carboxylic acids is 1. The largest absolute Gasteiger partial charge is 0.478 e. The third-order valence-corrected chi connectivity index (χ3v) is 1.40. The molecule has 0 fully saturated rings. The molecule has 0 aliphatic carbocycles. The molecule has 0 aliphatic heterocycles. The maximum Gasteiger partial charge on any atom is 0.339 e. The van der Waals surface area contributed by atoms with Crippen molar-refractivity contribution in [2.24, 2.45) is 4.99 Å². The van der Waals surface area contributed by atoms with E-state index in [1.807, 2.05) is 0 Å². The monoisotopic (exact) mass is 179 g/mol. The van der Waals surface area contributed by atoms with Gasteiger partial charge in [0.25, 0.3) is 0 Å². The van der Waals surface area contributed by atoms with Gasteiger partial charge in [0, 0.05) is 7.05 Å². The van der Waals surface area contributed by atoms with Crippen LogP contribution in [0, 0.1) is 0 Å². The highest BCUT2D eigenvalue weighted by Gasteiger charge is 2.08. The summed E-state index contributed by atoms with van der Waals surface area (Å²) < 4.78 is 4.98. The standard InChI is InChI=1S/C9H9NO3/c1-10-6-13-8-5-3-2-4-7(8)9(11)12/h2-6H,1H3,(H,11,12). The minimum atomic E-state index is -1.01. The van der Waals surface area contributed by atoms with Gasteiger partial charge in [-0.15, -0.1) is 0 Å². The van der Waals surface area contributed by atoms with Crippen LogP contribution < -0.4 is 4.74 Å². The molecule has 4 heteroatoms. The van der Waals surface area contributed by atoms with Crippen LogP contribution in [0.3, 0.4) is 0 Å². The van der Waals surface area contributed by atoms with Crippen molar-refractivity contribution in [1.82, 2.24) is 0 Å². The third kappa shape index (κ3) is 2.30. The van der Waals surface area contributed by atoms with Crippen LogP contribution in [0.4, 0.5) is 0 Å². The molecule has 0 heterocycles. The summed E-state index contributed by atoms with van der Waals surface area (Å²) in [5.74, 6) is -0.722. The first-order chi connectivity index (χ1) is 6.25. The summed E-state index contributed by atoms with van der Waals surface area (Å²) in [5, 5.41) is 8.74. The average molecular weight is 179 g/mol. The van der Waals surface area contributed by atoms with E-state index in [-0.39, 0.29) is 5.56 Å². The number of hydrogen-bond acceptors (Lipinski definition) is 3. The summed E-state index contributed by atoms with van der Waals surface area (Å²) in [5.41, 5.74) is 0.127. The number of benzene rings is 1. The molecule has 0 aromatic heterocycles. The number of nitrogens with zero attached hydrogens (tertiary/aromatic N) is 1. The molecule has 13 heavy (non-hydrogen) atoms. The second-order valence-corrected chi connectivity index (χ2v) is 2.28. The van der Waals surface area contributed by atoms with Crippen molar-refractivity contribution in [1.29, 1.82) is 0 Å². The van der Waals surface area contributed by atoms with Gasteiger partial charge < -0.3 is 9.84 Å². The van der Waals surface area contributed by atoms with Gasteiger partial charge in [0.1, 0.15) is 11.3 Å². The Bertz CT molecular complexity index is 333. The number of carbonyl (C=O) groups is 1. The van der Waals surface area contributed by atoms with Crippen molar-refractivity contribution in [2.45, 2.75) is 0 Å². The highest BCUT2D eigenvalue weighted by atomic mass is 16.5. The van der Waals surface area contributed by atoms with Gasteiger partial charge >= 0.3 is 5.97 Å². The van der Waals surface area contributed by atoms with Crippen LogP contribution in [0.2, 0.25) is 0 Å². The van der Waals surface area contributed by atoms with Crippen molar-refractivity contribution in [3.63, 3.8) is 0 Å². The average Bonchev–Trinajstić information content (AvgIpc) is 2.15. The zero-order chi connectivity index (χ0) is 9.68. The first kappa shape index (κ1) is 9.25. The van der Waals surface area contributed by atoms with Crippen LogP contribution in [-0.4, -0.2) is 24.5 Å². The SMILES string of the molecule is CN=COc1ccccc1C(=O)O. The fourth-order valence-electron chi connectivity index (χ4n) is 0.856. The Hall–Kier alpha value is -1.84. The van der Waals surface area contributed by atoms with Crippen molar-refractivity contribution < 1.29 is 14.6 Å². The molecular weight excluding hydrogens is 170 g/mol. The van der Waals surface area contributed by atoms with E-state index in [0.29, 0.717) is 5.75 Å². The second-order valence-electron chi connectivity index (χ2n) is 2.28. The minimum absolute atomic E-state index is 0.127. The Morgan fingerprint density at radius 3 is 2.85 bits per heavy atom. The van der Waals surface area contributed by atoms with Gasteiger partial charge in [-0.25, -0.2) is 4.79 Å². The molecule has 1 aromatic rings. The van der Waals surface area contributed by atoms with Crippen LogP contribution in [0.5, 0.6) is 5.75 Å². The number of aliphatic imine (C=N–C) groups is 1. The van der Waals surface area contributed by atoms with E-state index in [0.717, 1.165) is 0 Å². The van der Waals surface area contributed by atoms with Gasteiger partial charge in [-0.1, -0.05) is 12.1 Å². The molecule has 68 valence electrons. The van der Waals surface area contributed by atoms with Gasteiger partial charge in [-0.05, 0) is 12.1 Å². The lowest BCUT2D eigenvalue weighted by molar-refractivity contribution is 0.0695. The quantitative estimate of drug-likeness (QED) is 0.564. The predicted octanol–water partition coefficient (Wildman–Crippen LogP) is 1.42.